The summed E-state index contributed by atoms with van der Waals surface area (Å²) in [6, 6.07) is 14.7. The number of amides is 1. The molecule has 4 rings (SSSR count). The summed E-state index contributed by atoms with van der Waals surface area (Å²) in [5, 5.41) is 23.5. The minimum atomic E-state index is -0.520. The lowest BCUT2D eigenvalue weighted by Gasteiger charge is -2.32. The highest BCUT2D eigenvalue weighted by Crippen LogP contribution is 2.35. The molecule has 0 radical (unpaired) electrons. The highest BCUT2D eigenvalue weighted by molar-refractivity contribution is 5.99. The largest absolute Gasteiger partial charge is 0.435 e. The molecule has 2 aromatic carbocycles. The van der Waals surface area contributed by atoms with Crippen molar-refractivity contribution < 1.29 is 14.1 Å². The Kier molecular flexibility index (Phi) is 6.96. The molecular formula is C24H24N6O4. The van der Waals surface area contributed by atoms with E-state index in [0.717, 1.165) is 26.2 Å². The van der Waals surface area contributed by atoms with Crippen molar-refractivity contribution in [2.45, 2.75) is 0 Å². The van der Waals surface area contributed by atoms with Crippen LogP contribution in [0.4, 0.5) is 5.69 Å². The Morgan fingerprint density at radius 3 is 2.56 bits per heavy atom. The molecule has 34 heavy (non-hydrogen) atoms. The van der Waals surface area contributed by atoms with E-state index in [2.05, 4.69) is 27.1 Å². The first-order valence-corrected chi connectivity index (χ1v) is 10.9. The maximum atomic E-state index is 13.1. The lowest BCUT2D eigenvalue weighted by atomic mass is 10.1. The normalized spacial score (nSPS) is 14.5. The second-order valence-corrected chi connectivity index (χ2v) is 8.06. The lowest BCUT2D eigenvalue weighted by Crippen LogP contribution is -2.46. The van der Waals surface area contributed by atoms with Crippen molar-refractivity contribution in [2.75, 3.05) is 46.3 Å². The summed E-state index contributed by atoms with van der Waals surface area (Å²) in [6.45, 7) is 4.93. The van der Waals surface area contributed by atoms with E-state index in [1.54, 1.807) is 36.4 Å². The summed E-state index contributed by atoms with van der Waals surface area (Å²) >= 11 is 0. The standard InChI is InChI=1S/C24H24N6O4/c1-28-12-14-29(15-13-28)11-10-26-23(31)21-22(19-4-2-3-5-20(19)30(32)33)34-24(27-21)18-8-6-17(16-25)7-9-18/h2-9H,10-15H2,1H3,(H,26,31). The molecule has 1 fully saturated rings. The minimum absolute atomic E-state index is 0.0213. The first kappa shape index (κ1) is 23.1. The molecule has 1 aromatic heterocycles. The van der Waals surface area contributed by atoms with Crippen LogP contribution in [0.2, 0.25) is 0 Å². The summed E-state index contributed by atoms with van der Waals surface area (Å²) in [5.74, 6) is -0.295. The quantitative estimate of drug-likeness (QED) is 0.421. The van der Waals surface area contributed by atoms with Crippen molar-refractivity contribution >= 4 is 11.6 Å². The van der Waals surface area contributed by atoms with Crippen LogP contribution in [0.25, 0.3) is 22.8 Å². The van der Waals surface area contributed by atoms with Crippen molar-refractivity contribution in [2.24, 2.45) is 0 Å². The summed E-state index contributed by atoms with van der Waals surface area (Å²) < 4.78 is 5.91. The van der Waals surface area contributed by atoms with Crippen molar-refractivity contribution in [3.63, 3.8) is 0 Å². The third-order valence-electron chi connectivity index (χ3n) is 5.76. The van der Waals surface area contributed by atoms with Crippen molar-refractivity contribution in [1.29, 1.82) is 5.26 Å². The van der Waals surface area contributed by atoms with E-state index in [-0.39, 0.29) is 28.6 Å². The Morgan fingerprint density at radius 1 is 1.18 bits per heavy atom. The predicted molar refractivity (Wildman–Crippen MR) is 125 cm³/mol. The maximum absolute atomic E-state index is 13.1. The number of benzene rings is 2. The molecule has 0 saturated carbocycles. The van der Waals surface area contributed by atoms with E-state index in [9.17, 15) is 14.9 Å². The molecule has 0 atom stereocenters. The van der Waals surface area contributed by atoms with Crippen molar-refractivity contribution in [3.8, 4) is 28.8 Å². The first-order valence-electron chi connectivity index (χ1n) is 10.9. The Bertz CT molecular complexity index is 1220. The number of hydrogen-bond acceptors (Lipinski definition) is 8. The Morgan fingerprint density at radius 2 is 1.88 bits per heavy atom. The van der Waals surface area contributed by atoms with Crippen LogP contribution in [0.1, 0.15) is 16.1 Å². The zero-order valence-electron chi connectivity index (χ0n) is 18.7. The fraction of sp³-hybridized carbons (Fsp3) is 0.292. The van der Waals surface area contributed by atoms with Gasteiger partial charge in [-0.2, -0.15) is 5.26 Å². The van der Waals surface area contributed by atoms with Gasteiger partial charge in [-0.05, 0) is 37.4 Å². The first-order chi connectivity index (χ1) is 16.5. The molecule has 2 heterocycles. The van der Waals surface area contributed by atoms with Gasteiger partial charge in [0.2, 0.25) is 5.89 Å². The fourth-order valence-electron chi connectivity index (χ4n) is 3.77. The molecule has 174 valence electrons. The van der Waals surface area contributed by atoms with Gasteiger partial charge in [0.25, 0.3) is 11.6 Å². The molecule has 0 bridgehead atoms. The van der Waals surface area contributed by atoms with Gasteiger partial charge in [0.05, 0.1) is 22.1 Å². The van der Waals surface area contributed by atoms with Crippen molar-refractivity contribution in [1.82, 2.24) is 20.1 Å². The number of hydrogen-bond donors (Lipinski definition) is 1. The number of para-hydroxylation sites is 1. The number of nitriles is 1. The number of piperazine rings is 1. The molecule has 10 nitrogen and oxygen atoms in total. The van der Waals surface area contributed by atoms with Gasteiger partial charge < -0.3 is 14.6 Å². The molecule has 1 saturated heterocycles. The predicted octanol–water partition coefficient (Wildman–Crippen LogP) is 2.77. The molecular weight excluding hydrogens is 436 g/mol. The number of oxazole rings is 1. The van der Waals surface area contributed by atoms with Crippen molar-refractivity contribution in [3.05, 3.63) is 69.9 Å². The van der Waals surface area contributed by atoms with Gasteiger partial charge in [-0.25, -0.2) is 4.98 Å². The van der Waals surface area contributed by atoms with Gasteiger partial charge in [-0.1, -0.05) is 12.1 Å². The summed E-state index contributed by atoms with van der Waals surface area (Å²) in [6.07, 6.45) is 0. The van der Waals surface area contributed by atoms with E-state index >= 15 is 0 Å². The molecule has 3 aromatic rings. The van der Waals surface area contributed by atoms with Crippen LogP contribution in [-0.2, 0) is 0 Å². The van der Waals surface area contributed by atoms with E-state index < -0.39 is 10.8 Å². The number of likely N-dealkylation sites (N-methyl/N-ethyl adjacent to an activating group) is 1. The number of nitrogens with zero attached hydrogens (tertiary/aromatic N) is 5. The summed E-state index contributed by atoms with van der Waals surface area (Å²) in [5.41, 5.74) is 0.985. The zero-order valence-corrected chi connectivity index (χ0v) is 18.7. The molecule has 1 N–H and O–H groups in total. The minimum Gasteiger partial charge on any atom is -0.435 e. The second kappa shape index (κ2) is 10.2. The molecule has 1 amide bonds. The van der Waals surface area contributed by atoms with Crippen LogP contribution in [-0.4, -0.2) is 71.9 Å². The highest BCUT2D eigenvalue weighted by atomic mass is 16.6. The average molecular weight is 460 g/mol. The number of aromatic nitrogens is 1. The monoisotopic (exact) mass is 460 g/mol. The van der Waals surface area contributed by atoms with Gasteiger partial charge in [0, 0.05) is 50.9 Å². The number of nitro groups is 1. The molecule has 10 heteroatoms. The topological polar surface area (TPSA) is 129 Å². The maximum Gasteiger partial charge on any atom is 0.280 e. The smallest absolute Gasteiger partial charge is 0.280 e. The van der Waals surface area contributed by atoms with Crippen LogP contribution in [0.15, 0.2) is 52.9 Å². The third kappa shape index (κ3) is 5.11. The van der Waals surface area contributed by atoms with Gasteiger partial charge in [-0.3, -0.25) is 19.8 Å². The van der Waals surface area contributed by atoms with E-state index in [4.69, 9.17) is 9.68 Å². The number of nitrogens with one attached hydrogen (secondary N) is 1. The fourth-order valence-corrected chi connectivity index (χ4v) is 3.77. The molecule has 1 aliphatic rings. The second-order valence-electron chi connectivity index (χ2n) is 8.06. The third-order valence-corrected chi connectivity index (χ3v) is 5.76. The molecule has 1 aliphatic heterocycles. The lowest BCUT2D eigenvalue weighted by molar-refractivity contribution is -0.384. The number of nitro benzene ring substituents is 1. The van der Waals surface area contributed by atoms with E-state index in [0.29, 0.717) is 24.2 Å². The number of carbonyl (C=O) groups is 1. The average Bonchev–Trinajstić information content (AvgIpc) is 3.31. The highest BCUT2D eigenvalue weighted by Gasteiger charge is 2.27. The van der Waals surface area contributed by atoms with Crippen LogP contribution >= 0.6 is 0 Å². The number of rotatable bonds is 7. The zero-order chi connectivity index (χ0) is 24.1. The Hall–Kier alpha value is -4.07. The van der Waals surface area contributed by atoms with Crippen LogP contribution in [0.3, 0.4) is 0 Å². The van der Waals surface area contributed by atoms with E-state index in [1.165, 1.54) is 12.1 Å². The van der Waals surface area contributed by atoms with Gasteiger partial charge in [-0.15, -0.1) is 0 Å². The molecule has 0 spiro atoms. The number of carbonyl (C=O) groups excluding carboxylic acids is 1. The summed E-state index contributed by atoms with van der Waals surface area (Å²) in [7, 11) is 2.08. The van der Waals surface area contributed by atoms with Crippen LogP contribution in [0.5, 0.6) is 0 Å². The van der Waals surface area contributed by atoms with Crippen LogP contribution in [0, 0.1) is 21.4 Å². The van der Waals surface area contributed by atoms with Gasteiger partial charge in [0.1, 0.15) is 0 Å². The molecule has 0 unspecified atom stereocenters. The Balaban J connectivity index is 1.62. The molecule has 0 aliphatic carbocycles. The van der Waals surface area contributed by atoms with Crippen LogP contribution < -0.4 is 5.32 Å². The van der Waals surface area contributed by atoms with Gasteiger partial charge in [0.15, 0.2) is 11.5 Å². The van der Waals surface area contributed by atoms with E-state index in [1.807, 2.05) is 6.07 Å². The Labute approximate surface area is 196 Å². The summed E-state index contributed by atoms with van der Waals surface area (Å²) in [4.78, 5) is 33.1. The van der Waals surface area contributed by atoms with Gasteiger partial charge >= 0.3 is 0 Å². The SMILES string of the molecule is CN1CCN(CCNC(=O)c2nc(-c3ccc(C#N)cc3)oc2-c2ccccc2[N+](=O)[O-])CC1.